The Kier molecular flexibility index (Phi) is 8.79. The molecule has 0 heterocycles. The second kappa shape index (κ2) is 11.0. The van der Waals surface area contributed by atoms with Crippen molar-refractivity contribution in [1.29, 1.82) is 0 Å². The van der Waals surface area contributed by atoms with E-state index in [4.69, 9.17) is 4.74 Å². The Morgan fingerprint density at radius 2 is 1.30 bits per heavy atom. The van der Waals surface area contributed by atoms with Crippen molar-refractivity contribution >= 4 is 5.97 Å². The zero-order chi connectivity index (χ0) is 16.9. The van der Waals surface area contributed by atoms with Crippen molar-refractivity contribution in [3.05, 3.63) is 97.1 Å². The Morgan fingerprint density at radius 1 is 0.913 bits per heavy atom. The lowest BCUT2D eigenvalue weighted by atomic mass is 9.92. The van der Waals surface area contributed by atoms with Gasteiger partial charge in [0.25, 0.3) is 0 Å². The summed E-state index contributed by atoms with van der Waals surface area (Å²) in [6.07, 6.45) is 3.42. The number of carbonyl (C=O) groups is 1. The molecular weight excluding hydrogens is 288 g/mol. The largest absolute Gasteiger partial charge is 0.481 e. The molecule has 120 valence electrons. The van der Waals surface area contributed by atoms with Crippen LogP contribution in [0.25, 0.3) is 0 Å². The number of hydrogen-bond acceptors (Lipinski definition) is 2. The summed E-state index contributed by atoms with van der Waals surface area (Å²) in [4.78, 5) is 11.3. The molecule has 23 heavy (non-hydrogen) atoms. The van der Waals surface area contributed by atoms with Gasteiger partial charge in [-0.25, -0.2) is 0 Å². The lowest BCUT2D eigenvalue weighted by molar-refractivity contribution is -0.137. The summed E-state index contributed by atoms with van der Waals surface area (Å²) in [5, 5.41) is 9.28. The van der Waals surface area contributed by atoms with E-state index in [1.54, 1.807) is 12.2 Å². The van der Waals surface area contributed by atoms with Crippen molar-refractivity contribution in [2.45, 2.75) is 5.92 Å². The first-order valence-corrected chi connectivity index (χ1v) is 7.33. The van der Waals surface area contributed by atoms with Crippen LogP contribution in [0.1, 0.15) is 17.0 Å². The highest BCUT2D eigenvalue weighted by Gasteiger charge is 2.20. The molecule has 0 unspecified atom stereocenters. The van der Waals surface area contributed by atoms with Crippen LogP contribution in [0, 0.1) is 0 Å². The van der Waals surface area contributed by atoms with E-state index in [0.717, 1.165) is 11.1 Å². The Hall–Kier alpha value is -2.65. The van der Waals surface area contributed by atoms with Crippen LogP contribution in [0.3, 0.4) is 0 Å². The van der Waals surface area contributed by atoms with Crippen molar-refractivity contribution in [3.63, 3.8) is 0 Å². The van der Waals surface area contributed by atoms with Gasteiger partial charge in [-0.05, 0) is 11.1 Å². The standard InChI is InChI=1S/C14H12O2.C6H10O/c15-14(16)13(11-7-3-1-4-8-11)12-9-5-2-6-10-12;1-3-5-7-6-4-2/h1-10,13H,(H,15,16);3-4H,1-2,5-6H2. The molecule has 0 saturated carbocycles. The predicted octanol–water partition coefficient (Wildman–Crippen LogP) is 4.28. The molecule has 0 aliphatic rings. The number of benzene rings is 2. The maximum Gasteiger partial charge on any atom is 0.315 e. The third-order valence-corrected chi connectivity index (χ3v) is 2.98. The molecule has 2 rings (SSSR count). The van der Waals surface area contributed by atoms with Crippen LogP contribution in [0.2, 0.25) is 0 Å². The van der Waals surface area contributed by atoms with Gasteiger partial charge < -0.3 is 9.84 Å². The van der Waals surface area contributed by atoms with Crippen LogP contribution in [0.4, 0.5) is 0 Å². The minimum absolute atomic E-state index is 0.581. The van der Waals surface area contributed by atoms with Gasteiger partial charge in [0.15, 0.2) is 0 Å². The maximum absolute atomic E-state index is 11.3. The van der Waals surface area contributed by atoms with Crippen LogP contribution in [-0.2, 0) is 9.53 Å². The number of ether oxygens (including phenoxy) is 1. The van der Waals surface area contributed by atoms with Gasteiger partial charge in [0.1, 0.15) is 5.92 Å². The number of carboxylic acids is 1. The van der Waals surface area contributed by atoms with Crippen LogP contribution in [-0.4, -0.2) is 24.3 Å². The quantitative estimate of drug-likeness (QED) is 0.613. The summed E-state index contributed by atoms with van der Waals surface area (Å²) < 4.78 is 4.90. The topological polar surface area (TPSA) is 46.5 Å². The highest BCUT2D eigenvalue weighted by Crippen LogP contribution is 2.24. The smallest absolute Gasteiger partial charge is 0.315 e. The second-order valence-electron chi connectivity index (χ2n) is 4.71. The molecule has 0 aromatic heterocycles. The van der Waals surface area contributed by atoms with Crippen molar-refractivity contribution < 1.29 is 14.6 Å². The third-order valence-electron chi connectivity index (χ3n) is 2.98. The minimum atomic E-state index is -0.822. The minimum Gasteiger partial charge on any atom is -0.481 e. The molecular formula is C20H22O3. The lowest BCUT2D eigenvalue weighted by Crippen LogP contribution is -2.12. The van der Waals surface area contributed by atoms with E-state index >= 15 is 0 Å². The molecule has 3 heteroatoms. The van der Waals surface area contributed by atoms with Crippen molar-refractivity contribution in [2.24, 2.45) is 0 Å². The third kappa shape index (κ3) is 6.76. The average molecular weight is 310 g/mol. The van der Waals surface area contributed by atoms with E-state index in [1.165, 1.54) is 0 Å². The number of aliphatic carboxylic acids is 1. The van der Waals surface area contributed by atoms with Gasteiger partial charge in [-0.3, -0.25) is 4.79 Å². The first-order chi connectivity index (χ1) is 11.2. The molecule has 1 N–H and O–H groups in total. The number of rotatable bonds is 7. The van der Waals surface area contributed by atoms with Crippen LogP contribution in [0.5, 0.6) is 0 Å². The fourth-order valence-electron chi connectivity index (χ4n) is 2.00. The number of hydrogen-bond donors (Lipinski definition) is 1. The van der Waals surface area contributed by atoms with Gasteiger partial charge in [-0.2, -0.15) is 0 Å². The van der Waals surface area contributed by atoms with Gasteiger partial charge >= 0.3 is 5.97 Å². The van der Waals surface area contributed by atoms with E-state index in [-0.39, 0.29) is 0 Å². The molecule has 0 amide bonds. The molecule has 0 bridgehead atoms. The molecule has 3 nitrogen and oxygen atoms in total. The van der Waals surface area contributed by atoms with E-state index in [0.29, 0.717) is 13.2 Å². The summed E-state index contributed by atoms with van der Waals surface area (Å²) in [6, 6.07) is 18.5. The fraction of sp³-hybridized carbons (Fsp3) is 0.150. The lowest BCUT2D eigenvalue weighted by Gasteiger charge is -2.12. The zero-order valence-electron chi connectivity index (χ0n) is 13.1. The van der Waals surface area contributed by atoms with Crippen molar-refractivity contribution in [1.82, 2.24) is 0 Å². The van der Waals surface area contributed by atoms with E-state index in [2.05, 4.69) is 13.2 Å². The molecule has 0 atom stereocenters. The van der Waals surface area contributed by atoms with Gasteiger partial charge in [-0.15, -0.1) is 13.2 Å². The SMILES string of the molecule is C=CCOCC=C.O=C(O)C(c1ccccc1)c1ccccc1. The summed E-state index contributed by atoms with van der Waals surface area (Å²) in [5.41, 5.74) is 1.61. The molecule has 0 radical (unpaired) electrons. The van der Waals surface area contributed by atoms with E-state index < -0.39 is 11.9 Å². The van der Waals surface area contributed by atoms with Gasteiger partial charge in [0.2, 0.25) is 0 Å². The molecule has 0 aliphatic carbocycles. The van der Waals surface area contributed by atoms with Crippen molar-refractivity contribution in [2.75, 3.05) is 13.2 Å². The summed E-state index contributed by atoms with van der Waals surface area (Å²) in [6.45, 7) is 8.18. The Morgan fingerprint density at radius 3 is 1.61 bits per heavy atom. The summed E-state index contributed by atoms with van der Waals surface area (Å²) in [7, 11) is 0. The monoisotopic (exact) mass is 310 g/mol. The Balaban J connectivity index is 0.000000322. The fourth-order valence-corrected chi connectivity index (χ4v) is 2.00. The molecule has 2 aromatic carbocycles. The predicted molar refractivity (Wildman–Crippen MR) is 93.6 cm³/mol. The summed E-state index contributed by atoms with van der Waals surface area (Å²) in [5.74, 6) is -1.40. The van der Waals surface area contributed by atoms with Gasteiger partial charge in [0.05, 0.1) is 13.2 Å². The van der Waals surface area contributed by atoms with Crippen LogP contribution >= 0.6 is 0 Å². The van der Waals surface area contributed by atoms with Gasteiger partial charge in [-0.1, -0.05) is 72.8 Å². The van der Waals surface area contributed by atoms with Crippen LogP contribution < -0.4 is 0 Å². The normalized spacial score (nSPS) is 9.61. The Labute approximate surface area is 137 Å². The molecule has 0 saturated heterocycles. The molecule has 0 spiro atoms. The van der Waals surface area contributed by atoms with Crippen LogP contribution in [0.15, 0.2) is 86.0 Å². The maximum atomic E-state index is 11.3. The van der Waals surface area contributed by atoms with Gasteiger partial charge in [0, 0.05) is 0 Å². The molecule has 0 fully saturated rings. The Bertz CT molecular complexity index is 543. The molecule has 0 aliphatic heterocycles. The first kappa shape index (κ1) is 18.4. The van der Waals surface area contributed by atoms with E-state index in [9.17, 15) is 9.90 Å². The zero-order valence-corrected chi connectivity index (χ0v) is 13.1. The highest BCUT2D eigenvalue weighted by molar-refractivity contribution is 5.80. The number of carboxylic acid groups (broad SMARTS) is 1. The average Bonchev–Trinajstić information content (AvgIpc) is 2.58. The second-order valence-corrected chi connectivity index (χ2v) is 4.71. The molecule has 2 aromatic rings. The highest BCUT2D eigenvalue weighted by atomic mass is 16.5. The van der Waals surface area contributed by atoms with E-state index in [1.807, 2.05) is 60.7 Å². The summed E-state index contributed by atoms with van der Waals surface area (Å²) >= 11 is 0. The first-order valence-electron chi connectivity index (χ1n) is 7.33. The van der Waals surface area contributed by atoms with Crippen molar-refractivity contribution in [3.8, 4) is 0 Å².